The van der Waals surface area contributed by atoms with Gasteiger partial charge in [0.1, 0.15) is 5.75 Å². The molecule has 0 aromatic heterocycles. The van der Waals surface area contributed by atoms with Crippen molar-refractivity contribution in [1.82, 2.24) is 0 Å². The standard InChI is InChI=1S/C18H26O2/c1-3-13-4-7-15(8-5-13)18(19)11-10-14-6-9-16(20-2)12-17(14)18/h6,9,12-13,15,19H,3-5,7-8,10-11H2,1-2H3. The molecule has 20 heavy (non-hydrogen) atoms. The Bertz CT molecular complexity index is 474. The molecular formula is C18H26O2. The predicted octanol–water partition coefficient (Wildman–Crippen LogP) is 4.05. The molecule has 0 amide bonds. The maximum Gasteiger partial charge on any atom is 0.119 e. The third-order valence-corrected chi connectivity index (χ3v) is 5.66. The van der Waals surface area contributed by atoms with E-state index in [0.717, 1.165) is 30.1 Å². The van der Waals surface area contributed by atoms with Gasteiger partial charge in [-0.1, -0.05) is 32.3 Å². The van der Waals surface area contributed by atoms with Crippen LogP contribution in [-0.4, -0.2) is 12.2 Å². The lowest BCUT2D eigenvalue weighted by atomic mass is 9.71. The Hall–Kier alpha value is -1.02. The van der Waals surface area contributed by atoms with Crippen LogP contribution in [0.3, 0.4) is 0 Å². The second kappa shape index (κ2) is 5.40. The lowest BCUT2D eigenvalue weighted by Crippen LogP contribution is -2.35. The summed E-state index contributed by atoms with van der Waals surface area (Å²) >= 11 is 0. The number of aryl methyl sites for hydroxylation is 1. The Kier molecular flexibility index (Phi) is 3.76. The van der Waals surface area contributed by atoms with Gasteiger partial charge >= 0.3 is 0 Å². The molecule has 1 aromatic rings. The van der Waals surface area contributed by atoms with Gasteiger partial charge in [0.05, 0.1) is 12.7 Å². The molecule has 2 aliphatic carbocycles. The van der Waals surface area contributed by atoms with E-state index in [1.54, 1.807) is 7.11 Å². The lowest BCUT2D eigenvalue weighted by Gasteiger charge is -2.38. The number of fused-ring (bicyclic) bond motifs is 1. The highest BCUT2D eigenvalue weighted by atomic mass is 16.5. The van der Waals surface area contributed by atoms with Gasteiger partial charge < -0.3 is 9.84 Å². The topological polar surface area (TPSA) is 29.5 Å². The molecule has 1 fully saturated rings. The van der Waals surface area contributed by atoms with Gasteiger partial charge in [-0.3, -0.25) is 0 Å². The van der Waals surface area contributed by atoms with Crippen LogP contribution in [0.25, 0.3) is 0 Å². The van der Waals surface area contributed by atoms with Crippen molar-refractivity contribution in [2.75, 3.05) is 7.11 Å². The summed E-state index contributed by atoms with van der Waals surface area (Å²) in [5, 5.41) is 11.3. The summed E-state index contributed by atoms with van der Waals surface area (Å²) in [6, 6.07) is 6.20. The van der Waals surface area contributed by atoms with Crippen LogP contribution in [0.2, 0.25) is 0 Å². The molecule has 1 atom stereocenters. The first-order valence-electron chi connectivity index (χ1n) is 8.07. The van der Waals surface area contributed by atoms with E-state index in [0.29, 0.717) is 5.92 Å². The summed E-state index contributed by atoms with van der Waals surface area (Å²) in [6.07, 6.45) is 8.08. The van der Waals surface area contributed by atoms with Crippen molar-refractivity contribution >= 4 is 0 Å². The smallest absolute Gasteiger partial charge is 0.119 e. The molecule has 1 unspecified atom stereocenters. The Morgan fingerprint density at radius 2 is 2.00 bits per heavy atom. The SMILES string of the molecule is CCC1CCC(C2(O)CCc3ccc(OC)cc32)CC1. The maximum atomic E-state index is 11.3. The average Bonchev–Trinajstić information content (AvgIpc) is 2.85. The van der Waals surface area contributed by atoms with Gasteiger partial charge in [0, 0.05) is 0 Å². The molecule has 0 saturated heterocycles. The van der Waals surface area contributed by atoms with Crippen LogP contribution < -0.4 is 4.74 Å². The molecule has 2 aliphatic rings. The average molecular weight is 274 g/mol. The summed E-state index contributed by atoms with van der Waals surface area (Å²) in [4.78, 5) is 0. The highest BCUT2D eigenvalue weighted by Crippen LogP contribution is 2.49. The minimum atomic E-state index is -0.609. The number of benzene rings is 1. The van der Waals surface area contributed by atoms with E-state index in [1.807, 2.05) is 6.07 Å². The molecule has 2 nitrogen and oxygen atoms in total. The van der Waals surface area contributed by atoms with Crippen LogP contribution in [0.5, 0.6) is 5.75 Å². The molecule has 0 heterocycles. The summed E-state index contributed by atoms with van der Waals surface area (Å²) in [5.41, 5.74) is 1.84. The molecule has 3 rings (SSSR count). The molecule has 0 aliphatic heterocycles. The molecular weight excluding hydrogens is 248 g/mol. The third-order valence-electron chi connectivity index (χ3n) is 5.66. The molecule has 1 aromatic carbocycles. The predicted molar refractivity (Wildman–Crippen MR) is 81.0 cm³/mol. The van der Waals surface area contributed by atoms with Gasteiger partial charge in [-0.25, -0.2) is 0 Å². The van der Waals surface area contributed by atoms with E-state index in [-0.39, 0.29) is 0 Å². The van der Waals surface area contributed by atoms with E-state index in [4.69, 9.17) is 4.74 Å². The molecule has 2 heteroatoms. The lowest BCUT2D eigenvalue weighted by molar-refractivity contribution is -0.0425. The quantitative estimate of drug-likeness (QED) is 0.901. The first-order chi connectivity index (χ1) is 9.67. The van der Waals surface area contributed by atoms with E-state index < -0.39 is 5.60 Å². The molecule has 0 radical (unpaired) electrons. The Morgan fingerprint density at radius 1 is 1.25 bits per heavy atom. The second-order valence-electron chi connectivity index (χ2n) is 6.57. The van der Waals surface area contributed by atoms with Crippen LogP contribution in [0.4, 0.5) is 0 Å². The summed E-state index contributed by atoms with van der Waals surface area (Å²) < 4.78 is 5.34. The Morgan fingerprint density at radius 3 is 2.65 bits per heavy atom. The van der Waals surface area contributed by atoms with E-state index in [9.17, 15) is 5.11 Å². The monoisotopic (exact) mass is 274 g/mol. The van der Waals surface area contributed by atoms with Gasteiger partial charge in [-0.05, 0) is 60.8 Å². The summed E-state index contributed by atoms with van der Waals surface area (Å²) in [6.45, 7) is 2.29. The first kappa shape index (κ1) is 13.9. The number of methoxy groups -OCH3 is 1. The van der Waals surface area contributed by atoms with Gasteiger partial charge in [0.25, 0.3) is 0 Å². The second-order valence-corrected chi connectivity index (χ2v) is 6.57. The highest BCUT2D eigenvalue weighted by Gasteiger charge is 2.44. The van der Waals surface area contributed by atoms with Gasteiger partial charge in [0.15, 0.2) is 0 Å². The Balaban J connectivity index is 1.84. The fourth-order valence-electron chi connectivity index (χ4n) is 4.24. The molecule has 110 valence electrons. The number of hydrogen-bond donors (Lipinski definition) is 1. The number of rotatable bonds is 3. The molecule has 0 bridgehead atoms. The van der Waals surface area contributed by atoms with Crippen molar-refractivity contribution in [2.45, 2.75) is 57.5 Å². The van der Waals surface area contributed by atoms with E-state index in [2.05, 4.69) is 19.1 Å². The molecule has 1 N–H and O–H groups in total. The first-order valence-corrected chi connectivity index (χ1v) is 8.07. The van der Waals surface area contributed by atoms with Gasteiger partial charge in [0.2, 0.25) is 0 Å². The minimum absolute atomic E-state index is 0.429. The van der Waals surface area contributed by atoms with Crippen molar-refractivity contribution in [3.8, 4) is 5.75 Å². The highest BCUT2D eigenvalue weighted by molar-refractivity contribution is 5.43. The fourth-order valence-corrected chi connectivity index (χ4v) is 4.24. The minimum Gasteiger partial charge on any atom is -0.497 e. The van der Waals surface area contributed by atoms with Crippen molar-refractivity contribution in [1.29, 1.82) is 0 Å². The third kappa shape index (κ3) is 2.24. The number of ether oxygens (including phenoxy) is 1. The van der Waals surface area contributed by atoms with Crippen LogP contribution in [0.15, 0.2) is 18.2 Å². The zero-order valence-electron chi connectivity index (χ0n) is 12.7. The maximum absolute atomic E-state index is 11.3. The van der Waals surface area contributed by atoms with E-state index in [1.165, 1.54) is 37.7 Å². The van der Waals surface area contributed by atoms with Gasteiger partial charge in [-0.15, -0.1) is 0 Å². The number of aliphatic hydroxyl groups is 1. The summed E-state index contributed by atoms with van der Waals surface area (Å²) in [5.74, 6) is 2.17. The largest absolute Gasteiger partial charge is 0.497 e. The van der Waals surface area contributed by atoms with Crippen molar-refractivity contribution in [3.05, 3.63) is 29.3 Å². The Labute approximate surface area is 122 Å². The van der Waals surface area contributed by atoms with Crippen molar-refractivity contribution in [3.63, 3.8) is 0 Å². The fraction of sp³-hybridized carbons (Fsp3) is 0.667. The van der Waals surface area contributed by atoms with Crippen molar-refractivity contribution in [2.24, 2.45) is 11.8 Å². The van der Waals surface area contributed by atoms with Crippen LogP contribution in [0.1, 0.15) is 56.6 Å². The molecule has 1 saturated carbocycles. The number of hydrogen-bond acceptors (Lipinski definition) is 2. The molecule has 0 spiro atoms. The van der Waals surface area contributed by atoms with Gasteiger partial charge in [-0.2, -0.15) is 0 Å². The normalized spacial score (nSPS) is 33.0. The van der Waals surface area contributed by atoms with Crippen molar-refractivity contribution < 1.29 is 9.84 Å². The zero-order valence-corrected chi connectivity index (χ0v) is 12.7. The summed E-state index contributed by atoms with van der Waals surface area (Å²) in [7, 11) is 1.70. The van der Waals surface area contributed by atoms with Crippen LogP contribution in [0, 0.1) is 11.8 Å². The van der Waals surface area contributed by atoms with E-state index >= 15 is 0 Å². The zero-order chi connectivity index (χ0) is 14.2. The van der Waals surface area contributed by atoms with Crippen LogP contribution >= 0.6 is 0 Å². The van der Waals surface area contributed by atoms with Crippen LogP contribution in [-0.2, 0) is 12.0 Å².